The van der Waals surface area contributed by atoms with Gasteiger partial charge in [-0.2, -0.15) is 15.0 Å². The van der Waals surface area contributed by atoms with Gasteiger partial charge in [0.2, 0.25) is 17.8 Å². The molecule has 0 aromatic carbocycles. The molecule has 0 unspecified atom stereocenters. The first-order chi connectivity index (χ1) is 11.1. The number of hydrogen-bond donors (Lipinski definition) is 3. The third-order valence-corrected chi connectivity index (χ3v) is 4.58. The van der Waals surface area contributed by atoms with E-state index < -0.39 is 0 Å². The molecule has 2 rings (SSSR count). The minimum absolute atomic E-state index is 0.103. The molecule has 0 amide bonds. The lowest BCUT2D eigenvalue weighted by atomic mass is 10.0. The lowest BCUT2D eigenvalue weighted by molar-refractivity contribution is 0.516. The third-order valence-electron chi connectivity index (χ3n) is 3.48. The fourth-order valence-corrected chi connectivity index (χ4v) is 3.46. The second-order valence-corrected chi connectivity index (χ2v) is 9.64. The van der Waals surface area contributed by atoms with Crippen LogP contribution in [-0.2, 0) is 0 Å². The van der Waals surface area contributed by atoms with Crippen molar-refractivity contribution in [1.29, 1.82) is 0 Å². The number of aromatic nitrogens is 3. The molecule has 1 aromatic heterocycles. The maximum absolute atomic E-state index is 4.53. The van der Waals surface area contributed by atoms with E-state index in [2.05, 4.69) is 71.9 Å². The molecule has 1 saturated carbocycles. The van der Waals surface area contributed by atoms with Gasteiger partial charge in [0, 0.05) is 16.3 Å². The van der Waals surface area contributed by atoms with Crippen LogP contribution in [0.15, 0.2) is 0 Å². The Hall–Kier alpha value is -1.24. The second kappa shape index (κ2) is 7.76. The van der Waals surface area contributed by atoms with E-state index in [1.807, 2.05) is 0 Å². The first-order valence-corrected chi connectivity index (χ1v) is 9.73. The molecule has 1 heterocycles. The highest BCUT2D eigenvalue weighted by Gasteiger charge is 2.18. The lowest BCUT2D eigenvalue weighted by Gasteiger charge is -2.24. The molecule has 1 fully saturated rings. The summed E-state index contributed by atoms with van der Waals surface area (Å²) < 4.78 is 3.34. The number of nitrogens with one attached hydrogen (secondary N) is 3. The molecule has 0 spiro atoms. The molecule has 0 atom stereocenters. The summed E-state index contributed by atoms with van der Waals surface area (Å²) in [7, 11) is 0. The first-order valence-electron chi connectivity index (χ1n) is 8.85. The van der Waals surface area contributed by atoms with Crippen LogP contribution in [-0.4, -0.2) is 31.3 Å². The monoisotopic (exact) mass is 352 g/mol. The summed E-state index contributed by atoms with van der Waals surface area (Å²) in [5.74, 6) is 1.80. The molecular formula is C17H32N6S. The van der Waals surface area contributed by atoms with Gasteiger partial charge < -0.3 is 10.6 Å². The zero-order valence-electron chi connectivity index (χ0n) is 15.9. The molecule has 24 heavy (non-hydrogen) atoms. The Labute approximate surface area is 150 Å². The quantitative estimate of drug-likeness (QED) is 0.664. The Balaban J connectivity index is 2.11. The molecule has 0 aliphatic heterocycles. The molecular weight excluding hydrogens is 320 g/mol. The molecule has 1 aliphatic rings. The predicted octanol–water partition coefficient (Wildman–Crippen LogP) is 4.69. The molecule has 0 bridgehead atoms. The van der Waals surface area contributed by atoms with Crippen molar-refractivity contribution < 1.29 is 0 Å². The van der Waals surface area contributed by atoms with Gasteiger partial charge in [-0.1, -0.05) is 19.3 Å². The maximum atomic E-state index is 4.53. The van der Waals surface area contributed by atoms with Crippen LogP contribution in [0.3, 0.4) is 0 Å². The Morgan fingerprint density at radius 2 is 1.21 bits per heavy atom. The van der Waals surface area contributed by atoms with Crippen molar-refractivity contribution in [2.45, 2.75) is 90.0 Å². The first kappa shape index (κ1) is 19.1. The van der Waals surface area contributed by atoms with Crippen LogP contribution in [0, 0.1) is 0 Å². The van der Waals surface area contributed by atoms with Crippen LogP contribution < -0.4 is 15.4 Å². The average Bonchev–Trinajstić information content (AvgIpc) is 2.42. The highest BCUT2D eigenvalue weighted by atomic mass is 32.2. The van der Waals surface area contributed by atoms with Crippen molar-refractivity contribution in [3.8, 4) is 0 Å². The maximum Gasteiger partial charge on any atom is 0.239 e. The summed E-state index contributed by atoms with van der Waals surface area (Å²) in [5, 5.41) is 7.32. The van der Waals surface area contributed by atoms with Gasteiger partial charge in [-0.15, -0.1) is 0 Å². The summed E-state index contributed by atoms with van der Waals surface area (Å²) in [4.78, 5) is 13.6. The normalized spacial score (nSPS) is 16.8. The number of anilines is 3. The van der Waals surface area contributed by atoms with Gasteiger partial charge in [0.05, 0.1) is 0 Å². The Bertz CT molecular complexity index is 495. The van der Waals surface area contributed by atoms with Crippen molar-refractivity contribution in [3.63, 3.8) is 0 Å². The molecule has 3 N–H and O–H groups in total. The second-order valence-electron chi connectivity index (χ2n) is 8.54. The van der Waals surface area contributed by atoms with E-state index >= 15 is 0 Å². The molecule has 0 saturated heterocycles. The number of rotatable bonds is 5. The van der Waals surface area contributed by atoms with Gasteiger partial charge in [0.1, 0.15) is 0 Å². The third kappa shape index (κ3) is 7.11. The molecule has 136 valence electrons. The highest BCUT2D eigenvalue weighted by Crippen LogP contribution is 2.28. The summed E-state index contributed by atoms with van der Waals surface area (Å²) in [6, 6.07) is 0. The van der Waals surface area contributed by atoms with Crippen molar-refractivity contribution in [2.24, 2.45) is 0 Å². The standard InChI is InChI=1S/C17H32N6S/c1-16(2,3)21-13-18-14(22-17(4,5)6)20-15(19-13)23-24-12-10-8-7-9-11-12/h12H,7-11H2,1-6H3,(H3,18,19,20,21,22,23). The summed E-state index contributed by atoms with van der Waals surface area (Å²) in [5.41, 5.74) is -0.206. The predicted molar refractivity (Wildman–Crippen MR) is 105 cm³/mol. The Kier molecular flexibility index (Phi) is 6.17. The fraction of sp³-hybridized carbons (Fsp3) is 0.824. The van der Waals surface area contributed by atoms with E-state index in [4.69, 9.17) is 0 Å². The highest BCUT2D eigenvalue weighted by molar-refractivity contribution is 8.01. The lowest BCUT2D eigenvalue weighted by Crippen LogP contribution is -2.30. The zero-order valence-corrected chi connectivity index (χ0v) is 16.7. The Morgan fingerprint density at radius 3 is 1.67 bits per heavy atom. The Morgan fingerprint density at radius 1 is 0.750 bits per heavy atom. The summed E-state index contributed by atoms with van der Waals surface area (Å²) in [6.07, 6.45) is 6.54. The summed E-state index contributed by atoms with van der Waals surface area (Å²) >= 11 is 1.75. The van der Waals surface area contributed by atoms with Crippen molar-refractivity contribution >= 4 is 29.8 Å². The van der Waals surface area contributed by atoms with E-state index in [0.29, 0.717) is 23.1 Å². The van der Waals surface area contributed by atoms with E-state index in [-0.39, 0.29) is 11.1 Å². The smallest absolute Gasteiger partial charge is 0.239 e. The molecule has 0 radical (unpaired) electrons. The van der Waals surface area contributed by atoms with E-state index in [1.54, 1.807) is 11.9 Å². The van der Waals surface area contributed by atoms with Crippen LogP contribution in [0.25, 0.3) is 0 Å². The zero-order chi connectivity index (χ0) is 17.8. The SMILES string of the molecule is CC(C)(C)Nc1nc(NSC2CCCCC2)nc(NC(C)(C)C)n1. The minimum atomic E-state index is -0.103. The van der Waals surface area contributed by atoms with Gasteiger partial charge in [0.15, 0.2) is 0 Å². The van der Waals surface area contributed by atoms with Crippen LogP contribution in [0.2, 0.25) is 0 Å². The van der Waals surface area contributed by atoms with Gasteiger partial charge in [0.25, 0.3) is 0 Å². The van der Waals surface area contributed by atoms with E-state index in [1.165, 1.54) is 32.1 Å². The molecule has 1 aromatic rings. The van der Waals surface area contributed by atoms with Crippen molar-refractivity contribution in [3.05, 3.63) is 0 Å². The fourth-order valence-electron chi connectivity index (χ4n) is 2.52. The summed E-state index contributed by atoms with van der Waals surface area (Å²) in [6.45, 7) is 12.6. The minimum Gasteiger partial charge on any atom is -0.349 e. The van der Waals surface area contributed by atoms with Crippen molar-refractivity contribution in [2.75, 3.05) is 15.4 Å². The van der Waals surface area contributed by atoms with Gasteiger partial charge in [-0.3, -0.25) is 4.72 Å². The average molecular weight is 353 g/mol. The topological polar surface area (TPSA) is 74.8 Å². The van der Waals surface area contributed by atoms with Crippen LogP contribution in [0.4, 0.5) is 17.8 Å². The van der Waals surface area contributed by atoms with Gasteiger partial charge in [-0.25, -0.2) is 0 Å². The number of nitrogens with zero attached hydrogens (tertiary/aromatic N) is 3. The van der Waals surface area contributed by atoms with E-state index in [9.17, 15) is 0 Å². The molecule has 6 nitrogen and oxygen atoms in total. The van der Waals surface area contributed by atoms with Crippen LogP contribution in [0.1, 0.15) is 73.6 Å². The molecule has 7 heteroatoms. The van der Waals surface area contributed by atoms with Crippen LogP contribution in [0.5, 0.6) is 0 Å². The largest absolute Gasteiger partial charge is 0.349 e. The number of hydrogen-bond acceptors (Lipinski definition) is 7. The van der Waals surface area contributed by atoms with Crippen molar-refractivity contribution in [1.82, 2.24) is 15.0 Å². The van der Waals surface area contributed by atoms with E-state index in [0.717, 1.165) is 0 Å². The van der Waals surface area contributed by atoms with Gasteiger partial charge >= 0.3 is 0 Å². The van der Waals surface area contributed by atoms with Crippen LogP contribution >= 0.6 is 11.9 Å². The molecule has 1 aliphatic carbocycles. The van der Waals surface area contributed by atoms with Gasteiger partial charge in [-0.05, 0) is 66.3 Å².